The minimum Gasteiger partial charge on any atom is -0.497 e. The van der Waals surface area contributed by atoms with Gasteiger partial charge in [0.15, 0.2) is 11.5 Å². The van der Waals surface area contributed by atoms with Gasteiger partial charge in [0.1, 0.15) is 11.8 Å². The second-order valence-corrected chi connectivity index (χ2v) is 11.9. The van der Waals surface area contributed by atoms with Gasteiger partial charge in [-0.2, -0.15) is 0 Å². The van der Waals surface area contributed by atoms with E-state index in [0.29, 0.717) is 35.9 Å². The number of nitrogens with one attached hydrogen (secondary N) is 1. The van der Waals surface area contributed by atoms with E-state index in [9.17, 15) is 18.0 Å². The van der Waals surface area contributed by atoms with Crippen LogP contribution in [0.25, 0.3) is 0 Å². The number of carbonyl (C=O) groups is 2. The third-order valence-corrected chi connectivity index (χ3v) is 8.10. The van der Waals surface area contributed by atoms with Crippen LogP contribution in [0.15, 0.2) is 72.8 Å². The van der Waals surface area contributed by atoms with E-state index in [1.54, 1.807) is 30.2 Å². The standard InChI is InChI=1S/C31H37N3O7S/c1-4-32-31(36)27(19-23-10-6-5-7-11-23)33(21-24-12-8-13-26(18-24)39-2)30(35)14-9-17-34(42(3,37)38)25-15-16-28-29(20-25)41-22-40-28/h5-8,10-13,15-16,18,20,27H,4,9,14,17,19,21-22H2,1-3H3,(H,32,36)/t27-/m1/s1. The van der Waals surface area contributed by atoms with Gasteiger partial charge in [-0.05, 0) is 48.7 Å². The Kier molecular flexibility index (Phi) is 10.3. The van der Waals surface area contributed by atoms with E-state index in [-0.39, 0.29) is 44.5 Å². The molecule has 0 aromatic heterocycles. The fourth-order valence-electron chi connectivity index (χ4n) is 4.86. The molecule has 0 saturated carbocycles. The molecule has 0 bridgehead atoms. The normalized spacial score (nSPS) is 12.8. The monoisotopic (exact) mass is 595 g/mol. The largest absolute Gasteiger partial charge is 0.497 e. The molecule has 10 nitrogen and oxygen atoms in total. The van der Waals surface area contributed by atoms with Crippen molar-refractivity contribution in [3.63, 3.8) is 0 Å². The summed E-state index contributed by atoms with van der Waals surface area (Å²) in [6.45, 7) is 2.58. The Morgan fingerprint density at radius 3 is 2.43 bits per heavy atom. The summed E-state index contributed by atoms with van der Waals surface area (Å²) in [5.74, 6) is 1.14. The Morgan fingerprint density at radius 1 is 0.976 bits per heavy atom. The Labute approximate surface area is 247 Å². The average molecular weight is 596 g/mol. The fourth-order valence-corrected chi connectivity index (χ4v) is 5.82. The molecule has 3 aromatic rings. The molecule has 0 aliphatic carbocycles. The number of fused-ring (bicyclic) bond motifs is 1. The third-order valence-electron chi connectivity index (χ3n) is 6.91. The Balaban J connectivity index is 1.57. The molecule has 0 radical (unpaired) electrons. The Bertz CT molecular complexity index is 1480. The van der Waals surface area contributed by atoms with Crippen molar-refractivity contribution in [3.05, 3.63) is 83.9 Å². The highest BCUT2D eigenvalue weighted by Gasteiger charge is 2.30. The highest BCUT2D eigenvalue weighted by molar-refractivity contribution is 7.92. The molecular formula is C31H37N3O7S. The number of nitrogens with zero attached hydrogens (tertiary/aromatic N) is 2. The zero-order chi connectivity index (χ0) is 30.1. The first-order valence-corrected chi connectivity index (χ1v) is 15.7. The number of amides is 2. The van der Waals surface area contributed by atoms with Gasteiger partial charge >= 0.3 is 0 Å². The summed E-state index contributed by atoms with van der Waals surface area (Å²) < 4.78 is 42.8. The zero-order valence-corrected chi connectivity index (χ0v) is 24.9. The van der Waals surface area contributed by atoms with E-state index < -0.39 is 16.1 Å². The highest BCUT2D eigenvalue weighted by Crippen LogP contribution is 2.36. The van der Waals surface area contributed by atoms with Crippen LogP contribution in [-0.2, 0) is 32.6 Å². The van der Waals surface area contributed by atoms with Crippen LogP contribution >= 0.6 is 0 Å². The van der Waals surface area contributed by atoms with Crippen LogP contribution in [0.5, 0.6) is 17.2 Å². The van der Waals surface area contributed by atoms with Crippen LogP contribution in [0.3, 0.4) is 0 Å². The predicted octanol–water partition coefficient (Wildman–Crippen LogP) is 3.75. The maximum atomic E-state index is 13.9. The Morgan fingerprint density at radius 2 is 1.71 bits per heavy atom. The van der Waals surface area contributed by atoms with Crippen molar-refractivity contribution in [1.82, 2.24) is 10.2 Å². The van der Waals surface area contributed by atoms with Gasteiger partial charge in [0, 0.05) is 38.5 Å². The highest BCUT2D eigenvalue weighted by atomic mass is 32.2. The lowest BCUT2D eigenvalue weighted by atomic mass is 10.0. The van der Waals surface area contributed by atoms with Crippen molar-refractivity contribution >= 4 is 27.5 Å². The first-order valence-electron chi connectivity index (χ1n) is 13.8. The van der Waals surface area contributed by atoms with Gasteiger partial charge in [-0.25, -0.2) is 8.42 Å². The predicted molar refractivity (Wildman–Crippen MR) is 160 cm³/mol. The summed E-state index contributed by atoms with van der Waals surface area (Å²) in [5, 5.41) is 2.88. The van der Waals surface area contributed by atoms with Crippen molar-refractivity contribution in [2.24, 2.45) is 0 Å². The van der Waals surface area contributed by atoms with Gasteiger partial charge in [0.25, 0.3) is 0 Å². The van der Waals surface area contributed by atoms with E-state index in [0.717, 1.165) is 17.4 Å². The molecule has 4 rings (SSSR count). The molecule has 0 fully saturated rings. The molecule has 224 valence electrons. The number of anilines is 1. The number of likely N-dealkylation sites (N-methyl/N-ethyl adjacent to an activating group) is 1. The van der Waals surface area contributed by atoms with Gasteiger partial charge in [0.05, 0.1) is 19.1 Å². The number of ether oxygens (including phenoxy) is 3. The quantitative estimate of drug-likeness (QED) is 0.302. The van der Waals surface area contributed by atoms with Crippen LogP contribution in [0.4, 0.5) is 5.69 Å². The second-order valence-electron chi connectivity index (χ2n) is 9.95. The first kappa shape index (κ1) is 30.7. The summed E-state index contributed by atoms with van der Waals surface area (Å²) in [6.07, 6.45) is 1.72. The molecular weight excluding hydrogens is 558 g/mol. The molecule has 42 heavy (non-hydrogen) atoms. The smallest absolute Gasteiger partial charge is 0.243 e. The lowest BCUT2D eigenvalue weighted by Gasteiger charge is -2.32. The van der Waals surface area contributed by atoms with Crippen LogP contribution in [0.1, 0.15) is 30.9 Å². The number of rotatable bonds is 14. The maximum absolute atomic E-state index is 13.9. The van der Waals surface area contributed by atoms with Crippen molar-refractivity contribution < 1.29 is 32.2 Å². The number of carbonyl (C=O) groups excluding carboxylic acids is 2. The summed E-state index contributed by atoms with van der Waals surface area (Å²) in [6, 6.07) is 21.1. The minimum atomic E-state index is -3.65. The van der Waals surface area contributed by atoms with Gasteiger partial charge in [-0.15, -0.1) is 0 Å². The lowest BCUT2D eigenvalue weighted by molar-refractivity contribution is -0.141. The molecule has 11 heteroatoms. The van der Waals surface area contributed by atoms with Gasteiger partial charge in [-0.1, -0.05) is 42.5 Å². The average Bonchev–Trinajstić information content (AvgIpc) is 3.45. The number of hydrogen-bond acceptors (Lipinski definition) is 7. The van der Waals surface area contributed by atoms with Crippen molar-refractivity contribution in [2.45, 2.75) is 38.8 Å². The van der Waals surface area contributed by atoms with Crippen LogP contribution < -0.4 is 23.8 Å². The lowest BCUT2D eigenvalue weighted by Crippen LogP contribution is -2.50. The van der Waals surface area contributed by atoms with E-state index >= 15 is 0 Å². The molecule has 1 N–H and O–H groups in total. The molecule has 1 aliphatic heterocycles. The van der Waals surface area contributed by atoms with E-state index in [1.165, 1.54) is 4.31 Å². The van der Waals surface area contributed by atoms with E-state index in [2.05, 4.69) is 5.32 Å². The molecule has 1 atom stereocenters. The molecule has 0 unspecified atom stereocenters. The Hall–Kier alpha value is -4.25. The summed E-state index contributed by atoms with van der Waals surface area (Å²) >= 11 is 0. The molecule has 0 saturated heterocycles. The SMILES string of the molecule is CCNC(=O)[C@@H](Cc1ccccc1)N(Cc1cccc(OC)c1)C(=O)CCCN(c1ccc2c(c1)OCO2)S(C)(=O)=O. The van der Waals surface area contributed by atoms with Crippen LogP contribution in [0.2, 0.25) is 0 Å². The maximum Gasteiger partial charge on any atom is 0.243 e. The number of hydrogen-bond donors (Lipinski definition) is 1. The second kappa shape index (κ2) is 14.1. The van der Waals surface area contributed by atoms with E-state index in [1.807, 2.05) is 61.5 Å². The fraction of sp³-hybridized carbons (Fsp3) is 0.355. The van der Waals surface area contributed by atoms with Gasteiger partial charge in [0.2, 0.25) is 28.6 Å². The topological polar surface area (TPSA) is 114 Å². The van der Waals surface area contributed by atoms with Crippen LogP contribution in [-0.4, -0.2) is 64.4 Å². The van der Waals surface area contributed by atoms with Crippen molar-refractivity contribution in [2.75, 3.05) is 37.6 Å². The summed E-state index contributed by atoms with van der Waals surface area (Å²) in [5.41, 5.74) is 2.15. The minimum absolute atomic E-state index is 0.0330. The zero-order valence-electron chi connectivity index (χ0n) is 24.1. The number of methoxy groups -OCH3 is 1. The molecule has 1 heterocycles. The molecule has 3 aromatic carbocycles. The van der Waals surface area contributed by atoms with Crippen molar-refractivity contribution in [3.8, 4) is 17.2 Å². The number of benzene rings is 3. The molecule has 2 amide bonds. The molecule has 0 spiro atoms. The van der Waals surface area contributed by atoms with E-state index in [4.69, 9.17) is 14.2 Å². The van der Waals surface area contributed by atoms with Crippen molar-refractivity contribution in [1.29, 1.82) is 0 Å². The number of sulfonamides is 1. The summed E-state index contributed by atoms with van der Waals surface area (Å²) in [4.78, 5) is 28.8. The van der Waals surface area contributed by atoms with Gasteiger partial charge < -0.3 is 24.4 Å². The first-order chi connectivity index (χ1) is 20.2. The summed E-state index contributed by atoms with van der Waals surface area (Å²) in [7, 11) is -2.08. The third kappa shape index (κ3) is 7.94. The van der Waals surface area contributed by atoms with Crippen LogP contribution in [0, 0.1) is 0 Å². The van der Waals surface area contributed by atoms with Gasteiger partial charge in [-0.3, -0.25) is 13.9 Å². The molecule has 1 aliphatic rings.